The molecule has 1 fully saturated rings. The van der Waals surface area contributed by atoms with Crippen molar-refractivity contribution in [2.75, 3.05) is 19.1 Å². The zero-order valence-electron chi connectivity index (χ0n) is 22.3. The number of rotatable bonds is 1. The molecule has 1 aromatic rings. The van der Waals surface area contributed by atoms with E-state index in [-0.39, 0.29) is 31.6 Å². The number of amides is 2. The number of benzene rings is 1. The molecule has 0 spiro atoms. The van der Waals surface area contributed by atoms with Crippen molar-refractivity contribution < 1.29 is 29.3 Å². The fourth-order valence-corrected chi connectivity index (χ4v) is 4.84. The molecule has 4 bridgehead atoms. The van der Waals surface area contributed by atoms with Crippen LogP contribution < -0.4 is 15.0 Å². The van der Waals surface area contributed by atoms with E-state index in [1.807, 2.05) is 58.1 Å². The van der Waals surface area contributed by atoms with Crippen molar-refractivity contribution in [3.63, 3.8) is 0 Å². The van der Waals surface area contributed by atoms with Gasteiger partial charge in [-0.15, -0.1) is 0 Å². The summed E-state index contributed by atoms with van der Waals surface area (Å²) in [6, 6.07) is 4.00. The van der Waals surface area contributed by atoms with E-state index in [0.29, 0.717) is 12.8 Å². The molecule has 0 aromatic heterocycles. The molecule has 3 rings (SSSR count). The summed E-state index contributed by atoms with van der Waals surface area (Å²) >= 11 is 0. The van der Waals surface area contributed by atoms with Crippen molar-refractivity contribution in [2.24, 2.45) is 5.41 Å². The molecule has 36 heavy (non-hydrogen) atoms. The highest BCUT2D eigenvalue weighted by atomic mass is 16.6. The summed E-state index contributed by atoms with van der Waals surface area (Å²) < 4.78 is 11.0. The van der Waals surface area contributed by atoms with Gasteiger partial charge < -0.3 is 24.6 Å². The maximum Gasteiger partial charge on any atom is 0.409 e. The molecule has 3 atom stereocenters. The topological polar surface area (TPSA) is 108 Å². The summed E-state index contributed by atoms with van der Waals surface area (Å²) in [6.07, 6.45) is 5.35. The SMILES string of the molecule is COc1cc2cc(c1C)N(C)C(=O)CCC(C)(C)C(O)CC1C[C@](O)(C/C=C/C=C(\C)C2)NC(=O)O1. The molecule has 1 aromatic carbocycles. The third kappa shape index (κ3) is 6.68. The Kier molecular flexibility index (Phi) is 8.52. The van der Waals surface area contributed by atoms with Gasteiger partial charge in [0.1, 0.15) is 17.6 Å². The Balaban J connectivity index is 1.97. The van der Waals surface area contributed by atoms with E-state index in [1.165, 1.54) is 0 Å². The molecule has 0 saturated carbocycles. The Morgan fingerprint density at radius 3 is 2.64 bits per heavy atom. The van der Waals surface area contributed by atoms with Gasteiger partial charge in [-0.2, -0.15) is 0 Å². The number of nitrogens with zero attached hydrogens (tertiary/aromatic N) is 1. The van der Waals surface area contributed by atoms with Gasteiger partial charge in [0.15, 0.2) is 0 Å². The fraction of sp³-hybridized carbons (Fsp3) is 0.571. The lowest BCUT2D eigenvalue weighted by molar-refractivity contribution is -0.119. The number of carbonyl (C=O) groups excluding carboxylic acids is 2. The van der Waals surface area contributed by atoms with Crippen LogP contribution in [0.25, 0.3) is 0 Å². The first-order chi connectivity index (χ1) is 16.8. The van der Waals surface area contributed by atoms with E-state index >= 15 is 0 Å². The number of aliphatic hydroxyl groups excluding tert-OH is 1. The minimum atomic E-state index is -1.46. The molecule has 198 valence electrons. The van der Waals surface area contributed by atoms with Gasteiger partial charge in [0, 0.05) is 38.3 Å². The van der Waals surface area contributed by atoms with Gasteiger partial charge in [-0.25, -0.2) is 4.79 Å². The molecule has 2 heterocycles. The van der Waals surface area contributed by atoms with Crippen molar-refractivity contribution in [1.82, 2.24) is 5.32 Å². The van der Waals surface area contributed by atoms with Gasteiger partial charge in [-0.1, -0.05) is 37.6 Å². The predicted octanol–water partition coefficient (Wildman–Crippen LogP) is 4.16. The number of alkyl carbamates (subject to hydrolysis) is 1. The molecular weight excluding hydrogens is 460 g/mol. The summed E-state index contributed by atoms with van der Waals surface area (Å²) in [4.78, 5) is 27.0. The molecule has 8 heteroatoms. The Morgan fingerprint density at radius 1 is 1.22 bits per heavy atom. The number of ether oxygens (including phenoxy) is 2. The molecule has 8 nitrogen and oxygen atoms in total. The Bertz CT molecular complexity index is 1050. The molecule has 2 unspecified atom stereocenters. The van der Waals surface area contributed by atoms with Gasteiger partial charge in [0.25, 0.3) is 0 Å². The largest absolute Gasteiger partial charge is 0.496 e. The average molecular weight is 501 g/mol. The normalized spacial score (nSPS) is 30.0. The van der Waals surface area contributed by atoms with Gasteiger partial charge in [0.2, 0.25) is 5.91 Å². The van der Waals surface area contributed by atoms with E-state index in [2.05, 4.69) is 5.32 Å². The van der Waals surface area contributed by atoms with Crippen LogP contribution in [-0.2, 0) is 16.0 Å². The van der Waals surface area contributed by atoms with Crippen LogP contribution in [0.2, 0.25) is 0 Å². The van der Waals surface area contributed by atoms with E-state index in [1.54, 1.807) is 19.1 Å². The molecular formula is C28H40N2O6. The van der Waals surface area contributed by atoms with Gasteiger partial charge >= 0.3 is 6.09 Å². The first kappa shape index (κ1) is 27.7. The summed E-state index contributed by atoms with van der Waals surface area (Å²) in [5.74, 6) is 0.658. The van der Waals surface area contributed by atoms with E-state index < -0.39 is 29.4 Å². The minimum Gasteiger partial charge on any atom is -0.496 e. The third-order valence-electron chi connectivity index (χ3n) is 7.35. The van der Waals surface area contributed by atoms with Gasteiger partial charge in [-0.3, -0.25) is 10.1 Å². The second kappa shape index (κ2) is 11.0. The molecule has 2 aliphatic rings. The fourth-order valence-electron chi connectivity index (χ4n) is 4.84. The standard InChI is InChI=1S/C28H40N2O6/c1-18-9-7-8-11-28(34)17-21(36-26(33)29-28)16-24(31)27(3,4)12-10-25(32)30(5)22-14-20(13-18)15-23(35-6)19(22)2/h7-9,14-15,21,24,31,34H,10-13,16-17H2,1-6H3,(H,29,33)/b8-7+,18-9+/t21?,24?,28-/m1/s1. The summed E-state index contributed by atoms with van der Waals surface area (Å²) in [5, 5.41) is 24.5. The second-order valence-corrected chi connectivity index (χ2v) is 10.8. The van der Waals surface area contributed by atoms with Crippen LogP contribution in [0, 0.1) is 12.3 Å². The quantitative estimate of drug-likeness (QED) is 0.534. The van der Waals surface area contributed by atoms with E-state index in [4.69, 9.17) is 9.47 Å². The lowest BCUT2D eigenvalue weighted by Crippen LogP contribution is -2.56. The van der Waals surface area contributed by atoms with Crippen LogP contribution >= 0.6 is 0 Å². The molecule has 2 amide bonds. The molecule has 0 aliphatic carbocycles. The van der Waals surface area contributed by atoms with Gasteiger partial charge in [-0.05, 0) is 49.8 Å². The average Bonchev–Trinajstić information content (AvgIpc) is 2.79. The highest BCUT2D eigenvalue weighted by molar-refractivity contribution is 5.94. The summed E-state index contributed by atoms with van der Waals surface area (Å²) in [7, 11) is 3.39. The first-order valence-electron chi connectivity index (χ1n) is 12.5. The summed E-state index contributed by atoms with van der Waals surface area (Å²) in [6.45, 7) is 7.75. The van der Waals surface area contributed by atoms with Crippen LogP contribution in [-0.4, -0.2) is 54.3 Å². The number of carbonyl (C=O) groups is 2. The van der Waals surface area contributed by atoms with Crippen molar-refractivity contribution in [2.45, 2.75) is 84.2 Å². The highest BCUT2D eigenvalue weighted by Gasteiger charge is 2.41. The maximum absolute atomic E-state index is 13.2. The molecule has 2 aliphatic heterocycles. The third-order valence-corrected chi connectivity index (χ3v) is 7.35. The van der Waals surface area contributed by atoms with E-state index in [0.717, 1.165) is 28.1 Å². The lowest BCUT2D eigenvalue weighted by atomic mass is 9.78. The van der Waals surface area contributed by atoms with E-state index in [9.17, 15) is 19.8 Å². The zero-order valence-corrected chi connectivity index (χ0v) is 22.3. The molecule has 1 saturated heterocycles. The monoisotopic (exact) mass is 500 g/mol. The van der Waals surface area contributed by atoms with Crippen LogP contribution in [0.5, 0.6) is 5.75 Å². The number of hydrogen-bond acceptors (Lipinski definition) is 6. The second-order valence-electron chi connectivity index (χ2n) is 10.8. The smallest absolute Gasteiger partial charge is 0.409 e. The van der Waals surface area contributed by atoms with Crippen LogP contribution in [0.1, 0.15) is 64.0 Å². The number of fused-ring (bicyclic) bond motifs is 4. The van der Waals surface area contributed by atoms with Crippen LogP contribution in [0.3, 0.4) is 0 Å². The number of allylic oxidation sites excluding steroid dienone is 3. The highest BCUT2D eigenvalue weighted by Crippen LogP contribution is 2.35. The number of aliphatic hydroxyl groups is 2. The molecule has 3 N–H and O–H groups in total. The van der Waals surface area contributed by atoms with Crippen molar-refractivity contribution in [1.29, 1.82) is 0 Å². The Labute approximate surface area is 214 Å². The Morgan fingerprint density at radius 2 is 1.94 bits per heavy atom. The minimum absolute atomic E-state index is 0.0617. The summed E-state index contributed by atoms with van der Waals surface area (Å²) in [5.41, 5.74) is 1.72. The van der Waals surface area contributed by atoms with Crippen LogP contribution in [0.15, 0.2) is 35.9 Å². The maximum atomic E-state index is 13.2. The van der Waals surface area contributed by atoms with Crippen molar-refractivity contribution in [3.05, 3.63) is 47.1 Å². The number of methoxy groups -OCH3 is 1. The number of nitrogens with one attached hydrogen (secondary N) is 1. The number of hydrogen-bond donors (Lipinski definition) is 3. The van der Waals surface area contributed by atoms with Crippen molar-refractivity contribution >= 4 is 17.7 Å². The lowest BCUT2D eigenvalue weighted by Gasteiger charge is -2.39. The van der Waals surface area contributed by atoms with Gasteiger partial charge in [0.05, 0.1) is 18.9 Å². The predicted molar refractivity (Wildman–Crippen MR) is 139 cm³/mol. The molecule has 0 radical (unpaired) electrons. The number of anilines is 1. The van der Waals surface area contributed by atoms with Crippen molar-refractivity contribution in [3.8, 4) is 5.75 Å². The van der Waals surface area contributed by atoms with Crippen LogP contribution in [0.4, 0.5) is 10.5 Å². The Hall–Kier alpha value is -2.84. The zero-order chi connectivity index (χ0) is 26.7. The first-order valence-corrected chi connectivity index (χ1v) is 12.5.